The van der Waals surface area contributed by atoms with Crippen molar-refractivity contribution in [1.29, 1.82) is 0 Å². The minimum atomic E-state index is -0.411. The van der Waals surface area contributed by atoms with Crippen molar-refractivity contribution in [2.75, 3.05) is 32.8 Å². The summed E-state index contributed by atoms with van der Waals surface area (Å²) in [5.41, 5.74) is 0. The highest BCUT2D eigenvalue weighted by Crippen LogP contribution is 2.02. The maximum absolute atomic E-state index is 10.7. The van der Waals surface area contributed by atoms with E-state index in [0.29, 0.717) is 6.54 Å². The van der Waals surface area contributed by atoms with Gasteiger partial charge in [0.2, 0.25) is 0 Å². The number of hydrogen-bond acceptors (Lipinski definition) is 4. The topological polar surface area (TPSA) is 47.6 Å². The van der Waals surface area contributed by atoms with Crippen molar-refractivity contribution in [3.05, 3.63) is 0 Å². The van der Waals surface area contributed by atoms with Gasteiger partial charge in [-0.1, -0.05) is 0 Å². The first-order valence-corrected chi connectivity index (χ1v) is 5.47. The van der Waals surface area contributed by atoms with Crippen LogP contribution in [-0.2, 0) is 9.47 Å². The van der Waals surface area contributed by atoms with Crippen LogP contribution in [0.2, 0.25) is 0 Å². The van der Waals surface area contributed by atoms with Crippen LogP contribution in [0, 0.1) is 0 Å². The van der Waals surface area contributed by atoms with Gasteiger partial charge < -0.3 is 14.8 Å². The monoisotopic (exact) mass is 207 g/mol. The highest BCUT2D eigenvalue weighted by molar-refractivity contribution is 7.98. The summed E-state index contributed by atoms with van der Waals surface area (Å²) in [6.07, 6.45) is 2.64. The molecule has 1 N–H and O–H groups in total. The van der Waals surface area contributed by atoms with Gasteiger partial charge in [0, 0.05) is 13.7 Å². The molecule has 0 aliphatic carbocycles. The zero-order chi connectivity index (χ0) is 10.1. The second-order valence-electron chi connectivity index (χ2n) is 2.51. The first kappa shape index (κ1) is 12.6. The number of alkyl carbamates (subject to hydrolysis) is 1. The summed E-state index contributed by atoms with van der Waals surface area (Å²) in [7, 11) is 2.99. The molecule has 0 bridgehead atoms. The Kier molecular flexibility index (Phi) is 7.93. The SMILES string of the molecule is COC(=O)NCC(CCSC)OC. The van der Waals surface area contributed by atoms with Gasteiger partial charge in [-0.25, -0.2) is 4.79 Å². The molecule has 4 nitrogen and oxygen atoms in total. The number of methoxy groups -OCH3 is 2. The van der Waals surface area contributed by atoms with E-state index in [9.17, 15) is 4.79 Å². The Hall–Kier alpha value is -0.420. The van der Waals surface area contributed by atoms with Crippen LogP contribution in [0.4, 0.5) is 4.79 Å². The molecule has 0 heterocycles. The van der Waals surface area contributed by atoms with Crippen LogP contribution in [0.5, 0.6) is 0 Å². The Morgan fingerprint density at radius 1 is 1.54 bits per heavy atom. The Bertz CT molecular complexity index is 143. The molecule has 1 amide bonds. The van der Waals surface area contributed by atoms with E-state index in [4.69, 9.17) is 4.74 Å². The van der Waals surface area contributed by atoms with E-state index in [-0.39, 0.29) is 6.10 Å². The van der Waals surface area contributed by atoms with Crippen LogP contribution in [0.25, 0.3) is 0 Å². The van der Waals surface area contributed by atoms with Gasteiger partial charge in [-0.2, -0.15) is 11.8 Å². The Balaban J connectivity index is 3.52. The van der Waals surface area contributed by atoms with E-state index < -0.39 is 6.09 Å². The summed E-state index contributed by atoms with van der Waals surface area (Å²) in [5.74, 6) is 1.03. The van der Waals surface area contributed by atoms with Gasteiger partial charge in [-0.3, -0.25) is 0 Å². The minimum Gasteiger partial charge on any atom is -0.453 e. The highest BCUT2D eigenvalue weighted by atomic mass is 32.2. The molecule has 0 aliphatic heterocycles. The molecule has 1 unspecified atom stereocenters. The fourth-order valence-corrected chi connectivity index (χ4v) is 1.32. The summed E-state index contributed by atoms with van der Waals surface area (Å²) >= 11 is 1.76. The number of amides is 1. The quantitative estimate of drug-likeness (QED) is 0.709. The van der Waals surface area contributed by atoms with E-state index in [0.717, 1.165) is 12.2 Å². The molecule has 5 heteroatoms. The van der Waals surface area contributed by atoms with E-state index in [2.05, 4.69) is 10.1 Å². The number of thioether (sulfide) groups is 1. The molecule has 0 saturated carbocycles. The summed E-state index contributed by atoms with van der Waals surface area (Å²) in [6, 6.07) is 0. The molecule has 0 aromatic carbocycles. The average Bonchev–Trinajstić information content (AvgIpc) is 2.17. The normalized spacial score (nSPS) is 12.2. The van der Waals surface area contributed by atoms with E-state index in [1.165, 1.54) is 7.11 Å². The molecule has 1 atom stereocenters. The van der Waals surface area contributed by atoms with Crippen LogP contribution >= 0.6 is 11.8 Å². The minimum absolute atomic E-state index is 0.0755. The fraction of sp³-hybridized carbons (Fsp3) is 0.875. The fourth-order valence-electron chi connectivity index (χ4n) is 0.822. The van der Waals surface area contributed by atoms with Gasteiger partial charge in [-0.05, 0) is 18.4 Å². The molecule has 0 aliphatic rings. The summed E-state index contributed by atoms with van der Waals surface area (Å²) in [5, 5.41) is 2.60. The maximum atomic E-state index is 10.7. The first-order valence-electron chi connectivity index (χ1n) is 4.08. The molecule has 0 radical (unpaired) electrons. The summed E-state index contributed by atoms with van der Waals surface area (Å²) in [4.78, 5) is 10.7. The second-order valence-corrected chi connectivity index (χ2v) is 3.50. The van der Waals surface area contributed by atoms with Gasteiger partial charge in [0.1, 0.15) is 0 Å². The van der Waals surface area contributed by atoms with Crippen LogP contribution < -0.4 is 5.32 Å². The standard InChI is InChI=1S/C8H17NO3S/c1-11-7(4-5-13-3)6-9-8(10)12-2/h7H,4-6H2,1-3H3,(H,9,10). The first-order chi connectivity index (χ1) is 6.24. The van der Waals surface area contributed by atoms with Crippen LogP contribution in [0.3, 0.4) is 0 Å². The lowest BCUT2D eigenvalue weighted by molar-refractivity contribution is 0.0958. The average molecular weight is 207 g/mol. The van der Waals surface area contributed by atoms with Crippen LogP contribution in [-0.4, -0.2) is 45.0 Å². The van der Waals surface area contributed by atoms with Gasteiger partial charge in [0.25, 0.3) is 0 Å². The van der Waals surface area contributed by atoms with Crippen molar-refractivity contribution in [2.24, 2.45) is 0 Å². The van der Waals surface area contributed by atoms with Gasteiger partial charge in [-0.15, -0.1) is 0 Å². The molecule has 78 valence electrons. The van der Waals surface area contributed by atoms with Gasteiger partial charge in [0.15, 0.2) is 0 Å². The largest absolute Gasteiger partial charge is 0.453 e. The Morgan fingerprint density at radius 3 is 2.69 bits per heavy atom. The van der Waals surface area contributed by atoms with Crippen molar-refractivity contribution in [3.63, 3.8) is 0 Å². The highest BCUT2D eigenvalue weighted by Gasteiger charge is 2.08. The molecule has 0 fully saturated rings. The smallest absolute Gasteiger partial charge is 0.406 e. The van der Waals surface area contributed by atoms with Crippen molar-refractivity contribution in [2.45, 2.75) is 12.5 Å². The number of ether oxygens (including phenoxy) is 2. The van der Waals surface area contributed by atoms with Gasteiger partial charge >= 0.3 is 6.09 Å². The van der Waals surface area contributed by atoms with E-state index in [1.807, 2.05) is 6.26 Å². The van der Waals surface area contributed by atoms with Crippen molar-refractivity contribution < 1.29 is 14.3 Å². The number of hydrogen-bond donors (Lipinski definition) is 1. The lowest BCUT2D eigenvalue weighted by atomic mass is 10.3. The number of nitrogens with one attached hydrogen (secondary N) is 1. The number of rotatable bonds is 6. The Labute approximate surface area is 83.4 Å². The van der Waals surface area contributed by atoms with Gasteiger partial charge in [0.05, 0.1) is 13.2 Å². The molecule has 13 heavy (non-hydrogen) atoms. The summed E-state index contributed by atoms with van der Waals surface area (Å²) in [6.45, 7) is 0.504. The van der Waals surface area contributed by atoms with Crippen molar-refractivity contribution >= 4 is 17.9 Å². The molecule has 0 aromatic heterocycles. The molecule has 0 aromatic rings. The second kappa shape index (κ2) is 8.19. The number of carbonyl (C=O) groups is 1. The summed E-state index contributed by atoms with van der Waals surface area (Å²) < 4.78 is 9.60. The Morgan fingerprint density at radius 2 is 2.23 bits per heavy atom. The molecule has 0 saturated heterocycles. The zero-order valence-electron chi connectivity index (χ0n) is 8.33. The predicted molar refractivity (Wildman–Crippen MR) is 54.2 cm³/mol. The van der Waals surface area contributed by atoms with E-state index >= 15 is 0 Å². The number of carbonyl (C=O) groups excluding carboxylic acids is 1. The molecule has 0 rings (SSSR count). The lowest BCUT2D eigenvalue weighted by Gasteiger charge is -2.14. The van der Waals surface area contributed by atoms with E-state index in [1.54, 1.807) is 18.9 Å². The molecule has 0 spiro atoms. The van der Waals surface area contributed by atoms with Crippen LogP contribution in [0.15, 0.2) is 0 Å². The third kappa shape index (κ3) is 6.72. The predicted octanol–water partition coefficient (Wildman–Crippen LogP) is 1.11. The molecular formula is C8H17NO3S. The van der Waals surface area contributed by atoms with Crippen molar-refractivity contribution in [1.82, 2.24) is 5.32 Å². The maximum Gasteiger partial charge on any atom is 0.406 e. The van der Waals surface area contributed by atoms with Crippen molar-refractivity contribution in [3.8, 4) is 0 Å². The lowest BCUT2D eigenvalue weighted by Crippen LogP contribution is -2.33. The molecular weight excluding hydrogens is 190 g/mol. The third-order valence-electron chi connectivity index (χ3n) is 1.64. The zero-order valence-corrected chi connectivity index (χ0v) is 9.15. The van der Waals surface area contributed by atoms with Crippen LogP contribution in [0.1, 0.15) is 6.42 Å². The third-order valence-corrected chi connectivity index (χ3v) is 2.28.